The summed E-state index contributed by atoms with van der Waals surface area (Å²) < 4.78 is 5.36. The van der Waals surface area contributed by atoms with Crippen LogP contribution in [0.3, 0.4) is 0 Å². The summed E-state index contributed by atoms with van der Waals surface area (Å²) in [4.78, 5) is 24.0. The molecule has 0 fully saturated rings. The fourth-order valence-corrected chi connectivity index (χ4v) is 1.66. The lowest BCUT2D eigenvalue weighted by Crippen LogP contribution is -2.41. The Bertz CT molecular complexity index is 452. The van der Waals surface area contributed by atoms with Gasteiger partial charge in [-0.1, -0.05) is 30.3 Å². The van der Waals surface area contributed by atoms with Crippen molar-refractivity contribution in [3.8, 4) is 0 Å². The van der Waals surface area contributed by atoms with E-state index in [1.54, 1.807) is 40.0 Å². The second kappa shape index (κ2) is 7.05. The summed E-state index contributed by atoms with van der Waals surface area (Å²) in [6, 6.07) is 8.26. The van der Waals surface area contributed by atoms with E-state index in [0.29, 0.717) is 5.56 Å². The third-order valence-corrected chi connectivity index (χ3v) is 2.42. The zero-order valence-corrected chi connectivity index (χ0v) is 12.4. The first-order chi connectivity index (χ1) is 9.33. The minimum atomic E-state index is -0.795. The van der Waals surface area contributed by atoms with E-state index in [-0.39, 0.29) is 12.5 Å². The molecule has 20 heavy (non-hydrogen) atoms. The molecular weight excluding hydrogens is 256 g/mol. The fourth-order valence-electron chi connectivity index (χ4n) is 1.66. The van der Waals surface area contributed by atoms with E-state index in [2.05, 4.69) is 10.6 Å². The summed E-state index contributed by atoms with van der Waals surface area (Å²) >= 11 is 0. The maximum Gasteiger partial charge on any atom is 0.333 e. The first kappa shape index (κ1) is 16.2. The molecule has 0 spiro atoms. The number of likely N-dealkylation sites (N-methyl/N-ethyl adjacent to an activating group) is 1. The van der Waals surface area contributed by atoms with Gasteiger partial charge in [0, 0.05) is 0 Å². The molecule has 1 unspecified atom stereocenters. The molecule has 0 saturated carbocycles. The molecule has 0 aromatic heterocycles. The Morgan fingerprint density at radius 1 is 1.20 bits per heavy atom. The van der Waals surface area contributed by atoms with Crippen LogP contribution in [0.4, 0.5) is 0 Å². The molecule has 1 rings (SSSR count). The number of carbonyl (C=O) groups is 2. The fraction of sp³-hybridized carbons (Fsp3) is 0.467. The monoisotopic (exact) mass is 278 g/mol. The van der Waals surface area contributed by atoms with E-state index in [1.807, 2.05) is 18.2 Å². The molecule has 0 heterocycles. The highest BCUT2D eigenvalue weighted by Gasteiger charge is 2.27. The first-order valence-electron chi connectivity index (χ1n) is 6.55. The summed E-state index contributed by atoms with van der Waals surface area (Å²) in [5.41, 5.74) is 0.101. The molecule has 0 aliphatic carbocycles. The molecule has 5 nitrogen and oxygen atoms in total. The second-order valence-electron chi connectivity index (χ2n) is 5.48. The average Bonchev–Trinajstić information content (AvgIpc) is 2.35. The molecular formula is C15H22N2O3. The zero-order chi connectivity index (χ0) is 15.2. The number of benzene rings is 1. The lowest BCUT2D eigenvalue weighted by molar-refractivity contribution is -0.158. The van der Waals surface area contributed by atoms with Crippen LogP contribution in [-0.2, 0) is 14.3 Å². The maximum atomic E-state index is 12.2. The minimum Gasteiger partial charge on any atom is -0.458 e. The van der Waals surface area contributed by atoms with E-state index in [4.69, 9.17) is 4.74 Å². The Morgan fingerprint density at radius 3 is 2.30 bits per heavy atom. The van der Waals surface area contributed by atoms with Crippen LogP contribution in [0.1, 0.15) is 32.4 Å². The van der Waals surface area contributed by atoms with Crippen LogP contribution >= 0.6 is 0 Å². The van der Waals surface area contributed by atoms with Gasteiger partial charge in [0.2, 0.25) is 5.91 Å². The molecule has 0 bridgehead atoms. The molecule has 1 aromatic rings. The van der Waals surface area contributed by atoms with Gasteiger partial charge >= 0.3 is 5.97 Å². The topological polar surface area (TPSA) is 67.4 Å². The van der Waals surface area contributed by atoms with Gasteiger partial charge in [-0.2, -0.15) is 0 Å². The van der Waals surface area contributed by atoms with Crippen LogP contribution in [-0.4, -0.2) is 31.1 Å². The number of hydrogen-bond acceptors (Lipinski definition) is 4. The van der Waals surface area contributed by atoms with Gasteiger partial charge in [0.05, 0.1) is 6.54 Å². The van der Waals surface area contributed by atoms with Crippen molar-refractivity contribution in [1.29, 1.82) is 0 Å². The van der Waals surface area contributed by atoms with E-state index >= 15 is 0 Å². The van der Waals surface area contributed by atoms with E-state index in [1.165, 1.54) is 0 Å². The number of nitrogens with one attached hydrogen (secondary N) is 2. The van der Waals surface area contributed by atoms with Gasteiger partial charge in [0.25, 0.3) is 0 Å². The third-order valence-electron chi connectivity index (χ3n) is 2.42. The number of amides is 1. The SMILES string of the molecule is CNCC(=O)NC(C(=O)OC(C)(C)C)c1ccccc1. The summed E-state index contributed by atoms with van der Waals surface area (Å²) in [6.45, 7) is 5.53. The van der Waals surface area contributed by atoms with Crippen LogP contribution in [0.2, 0.25) is 0 Å². The lowest BCUT2D eigenvalue weighted by Gasteiger charge is -2.24. The summed E-state index contributed by atoms with van der Waals surface area (Å²) in [6.07, 6.45) is 0. The van der Waals surface area contributed by atoms with Crippen LogP contribution < -0.4 is 10.6 Å². The number of carbonyl (C=O) groups excluding carboxylic acids is 2. The molecule has 0 aliphatic rings. The highest BCUT2D eigenvalue weighted by Crippen LogP contribution is 2.18. The smallest absolute Gasteiger partial charge is 0.333 e. The molecule has 110 valence electrons. The van der Waals surface area contributed by atoms with Crippen molar-refractivity contribution in [2.75, 3.05) is 13.6 Å². The normalized spacial score (nSPS) is 12.6. The van der Waals surface area contributed by atoms with Crippen molar-refractivity contribution in [2.24, 2.45) is 0 Å². The Hall–Kier alpha value is -1.88. The summed E-state index contributed by atoms with van der Waals surface area (Å²) in [5.74, 6) is -0.722. The Morgan fingerprint density at radius 2 is 1.80 bits per heavy atom. The predicted molar refractivity (Wildman–Crippen MR) is 77.1 cm³/mol. The number of rotatable bonds is 5. The Labute approximate surface area is 119 Å². The molecule has 5 heteroatoms. The van der Waals surface area contributed by atoms with Crippen molar-refractivity contribution in [1.82, 2.24) is 10.6 Å². The standard InChI is InChI=1S/C15H22N2O3/c1-15(2,3)20-14(19)13(17-12(18)10-16-4)11-8-6-5-7-9-11/h5-9,13,16H,10H2,1-4H3,(H,17,18). The van der Waals surface area contributed by atoms with Gasteiger partial charge in [-0.3, -0.25) is 4.79 Å². The number of hydrogen-bond donors (Lipinski definition) is 2. The van der Waals surface area contributed by atoms with Crippen molar-refractivity contribution in [2.45, 2.75) is 32.4 Å². The van der Waals surface area contributed by atoms with Crippen LogP contribution in [0.15, 0.2) is 30.3 Å². The van der Waals surface area contributed by atoms with Crippen LogP contribution in [0, 0.1) is 0 Å². The number of esters is 1. The number of ether oxygens (including phenoxy) is 1. The van der Waals surface area contributed by atoms with Crippen LogP contribution in [0.25, 0.3) is 0 Å². The van der Waals surface area contributed by atoms with E-state index in [0.717, 1.165) is 0 Å². The first-order valence-corrected chi connectivity index (χ1v) is 6.55. The molecule has 0 saturated heterocycles. The Kier molecular flexibility index (Phi) is 5.70. The molecule has 2 N–H and O–H groups in total. The third kappa shape index (κ3) is 5.40. The van der Waals surface area contributed by atoms with E-state index < -0.39 is 17.6 Å². The van der Waals surface area contributed by atoms with Gasteiger partial charge < -0.3 is 15.4 Å². The zero-order valence-electron chi connectivity index (χ0n) is 12.4. The highest BCUT2D eigenvalue weighted by atomic mass is 16.6. The van der Waals surface area contributed by atoms with Crippen molar-refractivity contribution in [3.63, 3.8) is 0 Å². The van der Waals surface area contributed by atoms with Gasteiger partial charge in [-0.15, -0.1) is 0 Å². The molecule has 1 aromatic carbocycles. The molecule has 0 aliphatic heterocycles. The minimum absolute atomic E-state index is 0.145. The average molecular weight is 278 g/mol. The second-order valence-corrected chi connectivity index (χ2v) is 5.48. The largest absolute Gasteiger partial charge is 0.458 e. The van der Waals surface area contributed by atoms with Gasteiger partial charge in [0.1, 0.15) is 5.60 Å². The predicted octanol–water partition coefficient (Wildman–Crippen LogP) is 1.40. The maximum absolute atomic E-state index is 12.2. The van der Waals surface area contributed by atoms with Crippen LogP contribution in [0.5, 0.6) is 0 Å². The molecule has 0 radical (unpaired) electrons. The van der Waals surface area contributed by atoms with Crippen molar-refractivity contribution >= 4 is 11.9 Å². The Balaban J connectivity index is 2.90. The summed E-state index contributed by atoms with van der Waals surface area (Å²) in [5, 5.41) is 5.43. The van der Waals surface area contributed by atoms with Gasteiger partial charge in [-0.25, -0.2) is 4.79 Å². The van der Waals surface area contributed by atoms with Crippen molar-refractivity contribution < 1.29 is 14.3 Å². The van der Waals surface area contributed by atoms with Gasteiger partial charge in [0.15, 0.2) is 6.04 Å². The summed E-state index contributed by atoms with van der Waals surface area (Å²) in [7, 11) is 1.67. The van der Waals surface area contributed by atoms with E-state index in [9.17, 15) is 9.59 Å². The van der Waals surface area contributed by atoms with Gasteiger partial charge in [-0.05, 0) is 33.4 Å². The quantitative estimate of drug-likeness (QED) is 0.799. The lowest BCUT2D eigenvalue weighted by atomic mass is 10.1. The molecule has 1 amide bonds. The van der Waals surface area contributed by atoms with Crippen molar-refractivity contribution in [3.05, 3.63) is 35.9 Å². The molecule has 1 atom stereocenters. The highest BCUT2D eigenvalue weighted by molar-refractivity contribution is 5.86.